The quantitative estimate of drug-likeness (QED) is 0.582. The van der Waals surface area contributed by atoms with Gasteiger partial charge in [0.05, 0.1) is 13.7 Å². The Balaban J connectivity index is 2.50. The van der Waals surface area contributed by atoms with E-state index >= 15 is 0 Å². The molecule has 1 aromatic rings. The SMILES string of the molecule is COC(=O)CCCOc1c(C)cc(C)cc1C. The lowest BCUT2D eigenvalue weighted by Gasteiger charge is -2.12. The molecule has 0 unspecified atom stereocenters. The highest BCUT2D eigenvalue weighted by Crippen LogP contribution is 2.24. The van der Waals surface area contributed by atoms with Gasteiger partial charge in [-0.2, -0.15) is 0 Å². The van der Waals surface area contributed by atoms with Crippen LogP contribution in [0.4, 0.5) is 0 Å². The molecule has 0 spiro atoms. The van der Waals surface area contributed by atoms with Crippen molar-refractivity contribution in [1.29, 1.82) is 0 Å². The van der Waals surface area contributed by atoms with Crippen molar-refractivity contribution in [3.63, 3.8) is 0 Å². The Morgan fingerprint density at radius 3 is 2.29 bits per heavy atom. The second-order valence-corrected chi connectivity index (χ2v) is 4.26. The summed E-state index contributed by atoms with van der Waals surface area (Å²) in [7, 11) is 1.40. The minimum Gasteiger partial charge on any atom is -0.493 e. The lowest BCUT2D eigenvalue weighted by Crippen LogP contribution is -2.06. The van der Waals surface area contributed by atoms with Crippen LogP contribution in [0, 0.1) is 20.8 Å². The van der Waals surface area contributed by atoms with Crippen molar-refractivity contribution in [1.82, 2.24) is 0 Å². The molecule has 3 heteroatoms. The average molecular weight is 236 g/mol. The maximum atomic E-state index is 10.9. The fraction of sp³-hybridized carbons (Fsp3) is 0.500. The van der Waals surface area contributed by atoms with E-state index in [1.807, 2.05) is 13.8 Å². The third-order valence-corrected chi connectivity index (χ3v) is 2.60. The molecule has 0 heterocycles. The van der Waals surface area contributed by atoms with E-state index in [4.69, 9.17) is 4.74 Å². The normalized spacial score (nSPS) is 10.1. The van der Waals surface area contributed by atoms with Crippen molar-refractivity contribution < 1.29 is 14.3 Å². The number of ether oxygens (including phenoxy) is 2. The topological polar surface area (TPSA) is 35.5 Å². The van der Waals surface area contributed by atoms with E-state index < -0.39 is 0 Å². The zero-order chi connectivity index (χ0) is 12.8. The van der Waals surface area contributed by atoms with Crippen LogP contribution in [-0.4, -0.2) is 19.7 Å². The number of carbonyl (C=O) groups is 1. The van der Waals surface area contributed by atoms with Crippen LogP contribution in [0.2, 0.25) is 0 Å². The van der Waals surface area contributed by atoms with E-state index in [1.165, 1.54) is 12.7 Å². The Morgan fingerprint density at radius 1 is 1.18 bits per heavy atom. The van der Waals surface area contributed by atoms with Gasteiger partial charge in [0.15, 0.2) is 0 Å². The van der Waals surface area contributed by atoms with Gasteiger partial charge >= 0.3 is 5.97 Å². The summed E-state index contributed by atoms with van der Waals surface area (Å²) in [5.74, 6) is 0.742. The summed E-state index contributed by atoms with van der Waals surface area (Å²) >= 11 is 0. The van der Waals surface area contributed by atoms with Crippen LogP contribution in [0.1, 0.15) is 29.5 Å². The molecule has 0 amide bonds. The number of aryl methyl sites for hydroxylation is 3. The zero-order valence-corrected chi connectivity index (χ0v) is 11.0. The largest absolute Gasteiger partial charge is 0.493 e. The Bertz CT molecular complexity index is 373. The molecule has 0 aromatic heterocycles. The van der Waals surface area contributed by atoms with Gasteiger partial charge in [-0.15, -0.1) is 0 Å². The van der Waals surface area contributed by atoms with E-state index in [-0.39, 0.29) is 5.97 Å². The molecule has 0 aliphatic carbocycles. The smallest absolute Gasteiger partial charge is 0.305 e. The van der Waals surface area contributed by atoms with Gasteiger partial charge in [0, 0.05) is 6.42 Å². The van der Waals surface area contributed by atoms with E-state index in [9.17, 15) is 4.79 Å². The highest BCUT2D eigenvalue weighted by molar-refractivity contribution is 5.69. The van der Waals surface area contributed by atoms with Crippen LogP contribution in [-0.2, 0) is 9.53 Å². The summed E-state index contributed by atoms with van der Waals surface area (Å²) in [6.07, 6.45) is 1.08. The van der Waals surface area contributed by atoms with Gasteiger partial charge < -0.3 is 9.47 Å². The van der Waals surface area contributed by atoms with E-state index in [2.05, 4.69) is 23.8 Å². The molecular weight excluding hydrogens is 216 g/mol. The first-order valence-corrected chi connectivity index (χ1v) is 5.82. The predicted molar refractivity (Wildman–Crippen MR) is 67.4 cm³/mol. The van der Waals surface area contributed by atoms with Crippen molar-refractivity contribution in [3.8, 4) is 5.75 Å². The Hall–Kier alpha value is -1.51. The van der Waals surface area contributed by atoms with E-state index in [1.54, 1.807) is 0 Å². The number of methoxy groups -OCH3 is 1. The van der Waals surface area contributed by atoms with Gasteiger partial charge in [-0.1, -0.05) is 17.7 Å². The molecule has 0 atom stereocenters. The molecule has 3 nitrogen and oxygen atoms in total. The second-order valence-electron chi connectivity index (χ2n) is 4.26. The number of hydrogen-bond acceptors (Lipinski definition) is 3. The highest BCUT2D eigenvalue weighted by Gasteiger charge is 2.05. The second kappa shape index (κ2) is 6.28. The first kappa shape index (κ1) is 13.6. The molecule has 94 valence electrons. The van der Waals surface area contributed by atoms with Gasteiger partial charge in [0.1, 0.15) is 5.75 Å². The number of benzene rings is 1. The van der Waals surface area contributed by atoms with Crippen LogP contribution in [0.25, 0.3) is 0 Å². The van der Waals surface area contributed by atoms with Gasteiger partial charge in [-0.25, -0.2) is 0 Å². The first-order chi connectivity index (χ1) is 8.04. The molecular formula is C14H20O3. The van der Waals surface area contributed by atoms with Crippen molar-refractivity contribution in [2.45, 2.75) is 33.6 Å². The van der Waals surface area contributed by atoms with Crippen LogP contribution < -0.4 is 4.74 Å². The molecule has 0 fully saturated rings. The van der Waals surface area contributed by atoms with Gasteiger partial charge in [0.2, 0.25) is 0 Å². The Morgan fingerprint density at radius 2 is 1.76 bits per heavy atom. The van der Waals surface area contributed by atoms with Crippen molar-refractivity contribution in [2.24, 2.45) is 0 Å². The molecule has 17 heavy (non-hydrogen) atoms. The maximum absolute atomic E-state index is 10.9. The third-order valence-electron chi connectivity index (χ3n) is 2.60. The molecule has 0 aliphatic rings. The number of carbonyl (C=O) groups excluding carboxylic acids is 1. The minimum atomic E-state index is -0.189. The fourth-order valence-corrected chi connectivity index (χ4v) is 1.89. The van der Waals surface area contributed by atoms with E-state index in [0.717, 1.165) is 16.9 Å². The Kier molecular flexibility index (Phi) is 5.01. The first-order valence-electron chi connectivity index (χ1n) is 5.82. The lowest BCUT2D eigenvalue weighted by atomic mass is 10.1. The molecule has 0 aliphatic heterocycles. The molecule has 0 N–H and O–H groups in total. The predicted octanol–water partition coefficient (Wildman–Crippen LogP) is 2.94. The monoisotopic (exact) mass is 236 g/mol. The summed E-state index contributed by atoms with van der Waals surface area (Å²) in [5.41, 5.74) is 3.52. The fourth-order valence-electron chi connectivity index (χ4n) is 1.89. The van der Waals surface area contributed by atoms with Crippen LogP contribution >= 0.6 is 0 Å². The summed E-state index contributed by atoms with van der Waals surface area (Å²) in [6, 6.07) is 4.20. The molecule has 1 rings (SSSR count). The molecule has 0 bridgehead atoms. The highest BCUT2D eigenvalue weighted by atomic mass is 16.5. The number of hydrogen-bond donors (Lipinski definition) is 0. The maximum Gasteiger partial charge on any atom is 0.305 e. The van der Waals surface area contributed by atoms with Gasteiger partial charge in [-0.05, 0) is 38.3 Å². The van der Waals surface area contributed by atoms with Gasteiger partial charge in [-0.3, -0.25) is 4.79 Å². The summed E-state index contributed by atoms with van der Waals surface area (Å²) in [4.78, 5) is 10.9. The average Bonchev–Trinajstić information content (AvgIpc) is 2.26. The minimum absolute atomic E-state index is 0.189. The van der Waals surface area contributed by atoms with E-state index in [0.29, 0.717) is 19.4 Å². The molecule has 0 saturated carbocycles. The van der Waals surface area contributed by atoms with Crippen LogP contribution in [0.15, 0.2) is 12.1 Å². The van der Waals surface area contributed by atoms with Crippen molar-refractivity contribution >= 4 is 5.97 Å². The van der Waals surface area contributed by atoms with Crippen LogP contribution in [0.5, 0.6) is 5.75 Å². The third kappa shape index (κ3) is 4.10. The van der Waals surface area contributed by atoms with Crippen molar-refractivity contribution in [3.05, 3.63) is 28.8 Å². The molecule has 1 aromatic carbocycles. The van der Waals surface area contributed by atoms with Crippen LogP contribution in [0.3, 0.4) is 0 Å². The number of esters is 1. The summed E-state index contributed by atoms with van der Waals surface area (Å²) in [5, 5.41) is 0. The lowest BCUT2D eigenvalue weighted by molar-refractivity contribution is -0.140. The summed E-state index contributed by atoms with van der Waals surface area (Å²) < 4.78 is 10.3. The van der Waals surface area contributed by atoms with Gasteiger partial charge in [0.25, 0.3) is 0 Å². The van der Waals surface area contributed by atoms with Crippen molar-refractivity contribution in [2.75, 3.05) is 13.7 Å². The zero-order valence-electron chi connectivity index (χ0n) is 11.0. The standard InChI is InChI=1S/C14H20O3/c1-10-8-11(2)14(12(3)9-10)17-7-5-6-13(15)16-4/h8-9H,5-7H2,1-4H3. The summed E-state index contributed by atoms with van der Waals surface area (Å²) in [6.45, 7) is 6.69. The molecule has 0 saturated heterocycles. The number of rotatable bonds is 5. The Labute approximate surface area is 103 Å². The molecule has 0 radical (unpaired) electrons.